The van der Waals surface area contributed by atoms with E-state index in [-0.39, 0.29) is 17.1 Å². The summed E-state index contributed by atoms with van der Waals surface area (Å²) < 4.78 is 12.0. The Morgan fingerprint density at radius 3 is 2.84 bits per heavy atom. The van der Waals surface area contributed by atoms with Crippen LogP contribution < -0.4 is 20.3 Å². The lowest BCUT2D eigenvalue weighted by atomic mass is 9.96. The first kappa shape index (κ1) is 20.7. The van der Waals surface area contributed by atoms with Crippen molar-refractivity contribution in [2.45, 2.75) is 18.4 Å². The van der Waals surface area contributed by atoms with Crippen molar-refractivity contribution < 1.29 is 14.3 Å². The molecule has 4 aliphatic rings. The summed E-state index contributed by atoms with van der Waals surface area (Å²) in [6.07, 6.45) is 7.86. The van der Waals surface area contributed by atoms with Crippen LogP contribution in [0.25, 0.3) is 0 Å². The van der Waals surface area contributed by atoms with Gasteiger partial charge in [-0.05, 0) is 19.2 Å². The quantitative estimate of drug-likeness (QED) is 0.489. The van der Waals surface area contributed by atoms with E-state index in [1.165, 1.54) is 0 Å². The van der Waals surface area contributed by atoms with Gasteiger partial charge in [-0.3, -0.25) is 4.79 Å². The predicted octanol–water partition coefficient (Wildman–Crippen LogP) is 1.52. The summed E-state index contributed by atoms with van der Waals surface area (Å²) in [5, 5.41) is 13.7. The minimum absolute atomic E-state index is 0.171. The molecule has 2 saturated heterocycles. The molecule has 0 saturated carbocycles. The minimum atomic E-state index is -0.376. The highest BCUT2D eigenvalue weighted by Crippen LogP contribution is 2.45. The average Bonchev–Trinajstić information content (AvgIpc) is 3.35. The van der Waals surface area contributed by atoms with E-state index in [9.17, 15) is 4.79 Å². The number of morpholine rings is 1. The molecule has 0 unspecified atom stereocenters. The van der Waals surface area contributed by atoms with Gasteiger partial charge in [-0.15, -0.1) is 0 Å². The van der Waals surface area contributed by atoms with Gasteiger partial charge in [0.05, 0.1) is 30.2 Å². The molecule has 1 amide bonds. The third kappa shape index (κ3) is 3.89. The molecule has 1 aromatic rings. The maximum atomic E-state index is 13.1. The zero-order chi connectivity index (χ0) is 22.1. The van der Waals surface area contributed by atoms with Gasteiger partial charge in [-0.2, -0.15) is 0 Å². The number of allylic oxidation sites excluding steroid dienone is 1. The van der Waals surface area contributed by atoms with Crippen molar-refractivity contribution in [3.63, 3.8) is 0 Å². The molecule has 0 bridgehead atoms. The van der Waals surface area contributed by atoms with Gasteiger partial charge in [0.25, 0.3) is 5.91 Å². The Kier molecular flexibility index (Phi) is 5.44. The summed E-state index contributed by atoms with van der Waals surface area (Å²) >= 11 is 0. The van der Waals surface area contributed by atoms with Crippen LogP contribution in [0.3, 0.4) is 0 Å². The smallest absolute Gasteiger partial charge is 0.261 e. The van der Waals surface area contributed by atoms with Crippen molar-refractivity contribution >= 4 is 29.7 Å². The van der Waals surface area contributed by atoms with Gasteiger partial charge in [0.2, 0.25) is 0 Å². The first-order chi connectivity index (χ1) is 15.6. The van der Waals surface area contributed by atoms with Crippen LogP contribution >= 0.6 is 0 Å². The maximum absolute atomic E-state index is 13.1. The van der Waals surface area contributed by atoms with Crippen LogP contribution in [-0.2, 0) is 16.0 Å². The molecule has 4 heterocycles. The zero-order valence-electron chi connectivity index (χ0n) is 18.2. The lowest BCUT2D eigenvalue weighted by Crippen LogP contribution is -2.37. The van der Waals surface area contributed by atoms with Crippen LogP contribution in [0.5, 0.6) is 5.75 Å². The minimum Gasteiger partial charge on any atom is -0.485 e. The van der Waals surface area contributed by atoms with Crippen LogP contribution in [0.1, 0.15) is 12.0 Å². The molecule has 1 aromatic carbocycles. The second-order valence-electron chi connectivity index (χ2n) is 8.67. The molecule has 3 N–H and O–H groups in total. The van der Waals surface area contributed by atoms with E-state index < -0.39 is 0 Å². The van der Waals surface area contributed by atoms with Gasteiger partial charge in [0.1, 0.15) is 17.2 Å². The number of carbonyl (C=O) groups excluding carboxylic acids is 1. The number of ether oxygens (including phenoxy) is 2. The number of anilines is 2. The molecule has 5 rings (SSSR count). The maximum Gasteiger partial charge on any atom is 0.261 e. The van der Waals surface area contributed by atoms with Gasteiger partial charge in [0, 0.05) is 69.3 Å². The molecule has 0 aromatic heterocycles. The molecule has 2 fully saturated rings. The number of nitrogens with one attached hydrogen (secondary N) is 3. The molecule has 1 spiro atoms. The summed E-state index contributed by atoms with van der Waals surface area (Å²) in [4.78, 5) is 21.8. The number of likely N-dealkylation sites (tertiary alicyclic amines) is 1. The number of nitrogens with zero attached hydrogens (tertiary/aromatic N) is 3. The molecule has 4 aliphatic heterocycles. The van der Waals surface area contributed by atoms with Gasteiger partial charge >= 0.3 is 0 Å². The number of amides is 1. The number of hydrogen-bond donors (Lipinski definition) is 3. The van der Waals surface area contributed by atoms with Gasteiger partial charge in [-0.25, -0.2) is 4.99 Å². The topological polar surface area (TPSA) is 102 Å². The summed E-state index contributed by atoms with van der Waals surface area (Å²) in [7, 11) is 2.12. The summed E-state index contributed by atoms with van der Waals surface area (Å²) in [6, 6.07) is 4.09. The monoisotopic (exact) mass is 436 g/mol. The number of likely N-dealkylation sites (N-methyl/N-ethyl adjacent to an activating group) is 1. The number of rotatable bonds is 4. The molecule has 1 atom stereocenters. The van der Waals surface area contributed by atoms with Crippen molar-refractivity contribution in [3.05, 3.63) is 41.4 Å². The fourth-order valence-corrected chi connectivity index (χ4v) is 4.81. The van der Waals surface area contributed by atoms with E-state index in [1.54, 1.807) is 18.5 Å². The van der Waals surface area contributed by atoms with E-state index in [2.05, 4.69) is 38.5 Å². The van der Waals surface area contributed by atoms with Crippen molar-refractivity contribution in [1.29, 1.82) is 5.41 Å². The van der Waals surface area contributed by atoms with Crippen LogP contribution in [0.4, 0.5) is 11.4 Å². The van der Waals surface area contributed by atoms with E-state index in [0.29, 0.717) is 19.0 Å². The number of hydrogen-bond acceptors (Lipinski definition) is 8. The third-order valence-electron chi connectivity index (χ3n) is 6.38. The Hall–Kier alpha value is -3.17. The average molecular weight is 437 g/mol. The van der Waals surface area contributed by atoms with Crippen molar-refractivity contribution in [1.82, 2.24) is 10.2 Å². The molecule has 9 heteroatoms. The van der Waals surface area contributed by atoms with Crippen molar-refractivity contribution in [3.8, 4) is 5.75 Å². The molecule has 32 heavy (non-hydrogen) atoms. The number of carbonyl (C=O) groups is 1. The molecule has 168 valence electrons. The van der Waals surface area contributed by atoms with Crippen molar-refractivity contribution in [2.24, 2.45) is 4.99 Å². The highest BCUT2D eigenvalue weighted by atomic mass is 16.5. The molecular weight excluding hydrogens is 408 g/mol. The van der Waals surface area contributed by atoms with Crippen LogP contribution in [0, 0.1) is 5.41 Å². The van der Waals surface area contributed by atoms with E-state index in [4.69, 9.17) is 14.9 Å². The molecule has 0 aliphatic carbocycles. The normalized spacial score (nSPS) is 26.0. The fraction of sp³-hybridized carbons (Fsp3) is 0.435. The fourth-order valence-electron chi connectivity index (χ4n) is 4.81. The Bertz CT molecular complexity index is 1030. The first-order valence-corrected chi connectivity index (χ1v) is 11.0. The van der Waals surface area contributed by atoms with Crippen molar-refractivity contribution in [2.75, 3.05) is 56.7 Å². The van der Waals surface area contributed by atoms with E-state index >= 15 is 0 Å². The Morgan fingerprint density at radius 1 is 1.31 bits per heavy atom. The Balaban J connectivity index is 1.48. The Labute approximate surface area is 187 Å². The van der Waals surface area contributed by atoms with Gasteiger partial charge in [-0.1, -0.05) is 0 Å². The van der Waals surface area contributed by atoms with Crippen LogP contribution in [-0.4, -0.2) is 75.3 Å². The van der Waals surface area contributed by atoms with E-state index in [0.717, 1.165) is 67.9 Å². The lowest BCUT2D eigenvalue weighted by molar-refractivity contribution is -0.112. The largest absolute Gasteiger partial charge is 0.485 e. The second-order valence-corrected chi connectivity index (χ2v) is 8.67. The van der Waals surface area contributed by atoms with Crippen LogP contribution in [0.2, 0.25) is 0 Å². The highest BCUT2D eigenvalue weighted by molar-refractivity contribution is 6.18. The Morgan fingerprint density at radius 2 is 2.16 bits per heavy atom. The van der Waals surface area contributed by atoms with Gasteiger partial charge in [0.15, 0.2) is 0 Å². The first-order valence-electron chi connectivity index (χ1n) is 11.0. The standard InChI is InChI=1S/C23H28N6O3/c1-28-6-3-23(15-28)13-16-11-18(19(12-20(16)32-23)29-7-9-31-10-8-29)27-22(30)17(14-24)21-25-4-2-5-26-21/h2,4-5,11-12,14,24-25H,3,6-10,13,15H2,1H3,(H,27,30)/b21-17-,24-14?/t23-/m0/s1. The highest BCUT2D eigenvalue weighted by Gasteiger charge is 2.44. The van der Waals surface area contributed by atoms with Crippen LogP contribution in [0.15, 0.2) is 40.8 Å². The zero-order valence-corrected chi connectivity index (χ0v) is 18.2. The molecular formula is C23H28N6O3. The second kappa shape index (κ2) is 8.40. The lowest BCUT2D eigenvalue weighted by Gasteiger charge is -2.31. The summed E-state index contributed by atoms with van der Waals surface area (Å²) in [5.74, 6) is 0.873. The predicted molar refractivity (Wildman–Crippen MR) is 124 cm³/mol. The summed E-state index contributed by atoms with van der Waals surface area (Å²) in [6.45, 7) is 4.68. The van der Waals surface area contributed by atoms with Gasteiger partial charge < -0.3 is 35.3 Å². The number of fused-ring (bicyclic) bond motifs is 1. The van der Waals surface area contributed by atoms with E-state index in [1.807, 2.05) is 6.07 Å². The SMILES string of the molecule is CN1CC[C@]2(Cc3cc(NC(=O)/C(C=N)=C4\N=CC=CN4)c(N4CCOCC4)cc3O2)C1. The number of benzene rings is 1. The number of aliphatic imine (C=N–C) groups is 1. The molecule has 9 nitrogen and oxygen atoms in total. The molecule has 0 radical (unpaired) electrons. The third-order valence-corrected chi connectivity index (χ3v) is 6.38. The summed E-state index contributed by atoms with van der Waals surface area (Å²) in [5.41, 5.74) is 2.73.